The first-order chi connectivity index (χ1) is 9.71. The molecule has 0 bridgehead atoms. The lowest BCUT2D eigenvalue weighted by molar-refractivity contribution is -0.387. The van der Waals surface area contributed by atoms with Crippen LogP contribution >= 0.6 is 11.6 Å². The van der Waals surface area contributed by atoms with E-state index in [-0.39, 0.29) is 35.2 Å². The quantitative estimate of drug-likeness (QED) is 0.623. The molecule has 0 N–H and O–H groups in total. The van der Waals surface area contributed by atoms with E-state index in [4.69, 9.17) is 16.3 Å². The Morgan fingerprint density at radius 1 is 1.33 bits per heavy atom. The van der Waals surface area contributed by atoms with Crippen LogP contribution in [0.1, 0.15) is 13.8 Å². The highest BCUT2D eigenvalue weighted by Gasteiger charge is 2.36. The van der Waals surface area contributed by atoms with Crippen LogP contribution in [0, 0.1) is 10.1 Å². The lowest BCUT2D eigenvalue weighted by Gasteiger charge is -2.34. The molecule has 2 unspecified atom stereocenters. The smallest absolute Gasteiger partial charge is 0.289 e. The third-order valence-corrected chi connectivity index (χ3v) is 5.22. The fraction of sp³-hybridized carbons (Fsp3) is 0.500. The van der Waals surface area contributed by atoms with Gasteiger partial charge in [0.15, 0.2) is 4.90 Å². The van der Waals surface area contributed by atoms with E-state index >= 15 is 0 Å². The molecule has 2 atom stereocenters. The minimum Gasteiger partial charge on any atom is -0.373 e. The van der Waals surface area contributed by atoms with Gasteiger partial charge in [-0.1, -0.05) is 11.6 Å². The number of benzene rings is 1. The highest BCUT2D eigenvalue weighted by Crippen LogP contribution is 2.30. The highest BCUT2D eigenvalue weighted by atomic mass is 35.5. The van der Waals surface area contributed by atoms with Crippen LogP contribution in [-0.2, 0) is 14.8 Å². The Hall–Kier alpha value is -1.22. The average molecular weight is 335 g/mol. The van der Waals surface area contributed by atoms with Gasteiger partial charge in [0.1, 0.15) is 0 Å². The van der Waals surface area contributed by atoms with Crippen LogP contribution in [0.25, 0.3) is 0 Å². The summed E-state index contributed by atoms with van der Waals surface area (Å²) in [5.74, 6) is 0. The number of nitro benzene ring substituents is 1. The van der Waals surface area contributed by atoms with Crippen LogP contribution < -0.4 is 0 Å². The second kappa shape index (κ2) is 5.88. The molecule has 1 aliphatic rings. The van der Waals surface area contributed by atoms with E-state index in [1.807, 2.05) is 0 Å². The maximum absolute atomic E-state index is 12.7. The zero-order valence-corrected chi connectivity index (χ0v) is 13.1. The van der Waals surface area contributed by atoms with E-state index in [1.165, 1.54) is 10.4 Å². The van der Waals surface area contributed by atoms with E-state index in [0.29, 0.717) is 0 Å². The molecule has 0 amide bonds. The molecule has 7 nitrogen and oxygen atoms in total. The van der Waals surface area contributed by atoms with Gasteiger partial charge in [0.2, 0.25) is 10.0 Å². The Labute approximate surface area is 127 Å². The first-order valence-corrected chi connectivity index (χ1v) is 8.13. The Bertz CT molecular complexity index is 654. The van der Waals surface area contributed by atoms with Crippen molar-refractivity contribution in [1.29, 1.82) is 0 Å². The summed E-state index contributed by atoms with van der Waals surface area (Å²) in [5.41, 5.74) is -0.480. The molecule has 1 aromatic carbocycles. The summed E-state index contributed by atoms with van der Waals surface area (Å²) in [6.45, 7) is 3.81. The number of halogens is 1. The maximum Gasteiger partial charge on any atom is 0.289 e. The molecule has 0 radical (unpaired) electrons. The summed E-state index contributed by atoms with van der Waals surface area (Å²) in [6.07, 6.45) is -0.552. The van der Waals surface area contributed by atoms with Crippen LogP contribution in [0.5, 0.6) is 0 Å². The van der Waals surface area contributed by atoms with Gasteiger partial charge in [-0.25, -0.2) is 8.42 Å². The first-order valence-electron chi connectivity index (χ1n) is 6.31. The number of nitrogens with zero attached hydrogens (tertiary/aromatic N) is 2. The van der Waals surface area contributed by atoms with Crippen LogP contribution in [0.3, 0.4) is 0 Å². The number of ether oxygens (including phenoxy) is 1. The van der Waals surface area contributed by atoms with Crippen molar-refractivity contribution in [2.45, 2.75) is 31.0 Å². The van der Waals surface area contributed by atoms with Crippen molar-refractivity contribution in [1.82, 2.24) is 4.31 Å². The summed E-state index contributed by atoms with van der Waals surface area (Å²) in [6, 6.07) is 3.51. The van der Waals surface area contributed by atoms with Gasteiger partial charge in [-0.3, -0.25) is 10.1 Å². The second-order valence-corrected chi connectivity index (χ2v) is 7.29. The highest BCUT2D eigenvalue weighted by molar-refractivity contribution is 7.89. The van der Waals surface area contributed by atoms with Gasteiger partial charge in [0, 0.05) is 24.2 Å². The molecule has 0 aliphatic carbocycles. The van der Waals surface area contributed by atoms with Gasteiger partial charge in [-0.15, -0.1) is 0 Å². The summed E-state index contributed by atoms with van der Waals surface area (Å²) in [5, 5.41) is 11.2. The SMILES string of the molecule is CC1CN(S(=O)(=O)c2cc(Cl)ccc2[N+](=O)[O-])CC(C)O1. The summed E-state index contributed by atoms with van der Waals surface area (Å²) < 4.78 is 32.0. The molecule has 0 saturated carbocycles. The van der Waals surface area contributed by atoms with Crippen molar-refractivity contribution >= 4 is 27.3 Å². The third-order valence-electron chi connectivity index (χ3n) is 3.12. The van der Waals surface area contributed by atoms with Gasteiger partial charge >= 0.3 is 0 Å². The number of sulfonamides is 1. The predicted octanol–water partition coefficient (Wildman–Crippen LogP) is 2.05. The fourth-order valence-electron chi connectivity index (χ4n) is 2.31. The number of hydrogen-bond donors (Lipinski definition) is 0. The Morgan fingerprint density at radius 3 is 2.43 bits per heavy atom. The third kappa shape index (κ3) is 3.34. The van der Waals surface area contributed by atoms with E-state index < -0.39 is 20.6 Å². The van der Waals surface area contributed by atoms with E-state index in [1.54, 1.807) is 13.8 Å². The van der Waals surface area contributed by atoms with Crippen molar-refractivity contribution < 1.29 is 18.1 Å². The Kier molecular flexibility index (Phi) is 4.52. The first kappa shape index (κ1) is 16.2. The van der Waals surface area contributed by atoms with E-state index in [0.717, 1.165) is 12.1 Å². The Morgan fingerprint density at radius 2 is 1.90 bits per heavy atom. The lowest BCUT2D eigenvalue weighted by atomic mass is 10.3. The van der Waals surface area contributed by atoms with Crippen LogP contribution in [0.4, 0.5) is 5.69 Å². The fourth-order valence-corrected chi connectivity index (χ4v) is 4.32. The maximum atomic E-state index is 12.7. The van der Waals surface area contributed by atoms with Crippen molar-refractivity contribution in [3.63, 3.8) is 0 Å². The molecule has 1 fully saturated rings. The normalized spacial score (nSPS) is 24.0. The summed E-state index contributed by atoms with van der Waals surface area (Å²) >= 11 is 5.79. The topological polar surface area (TPSA) is 89.8 Å². The van der Waals surface area contributed by atoms with Gasteiger partial charge in [-0.2, -0.15) is 4.31 Å². The molecular formula is C12H15ClN2O5S. The predicted molar refractivity (Wildman–Crippen MR) is 76.9 cm³/mol. The second-order valence-electron chi connectivity index (χ2n) is 4.95. The molecule has 116 valence electrons. The van der Waals surface area contributed by atoms with Gasteiger partial charge in [-0.05, 0) is 26.0 Å². The van der Waals surface area contributed by atoms with Gasteiger partial charge in [0.05, 0.1) is 17.1 Å². The standard InChI is InChI=1S/C12H15ClN2O5S/c1-8-6-14(7-9(2)20-8)21(18,19)12-5-10(13)3-4-11(12)15(16)17/h3-5,8-9H,6-7H2,1-2H3. The molecule has 21 heavy (non-hydrogen) atoms. The number of rotatable bonds is 3. The van der Waals surface area contributed by atoms with E-state index in [2.05, 4.69) is 0 Å². The molecule has 1 aromatic rings. The summed E-state index contributed by atoms with van der Waals surface area (Å²) in [7, 11) is -4.00. The molecular weight excluding hydrogens is 320 g/mol. The molecule has 1 saturated heterocycles. The zero-order valence-electron chi connectivity index (χ0n) is 11.5. The van der Waals surface area contributed by atoms with E-state index in [9.17, 15) is 18.5 Å². The average Bonchev–Trinajstić information content (AvgIpc) is 2.37. The molecule has 0 aromatic heterocycles. The van der Waals surface area contributed by atoms with Crippen molar-refractivity contribution in [3.8, 4) is 0 Å². The van der Waals surface area contributed by atoms with Crippen LogP contribution in [0.2, 0.25) is 5.02 Å². The number of morpholine rings is 1. The molecule has 2 rings (SSSR count). The van der Waals surface area contributed by atoms with Crippen molar-refractivity contribution in [2.24, 2.45) is 0 Å². The van der Waals surface area contributed by atoms with Crippen LogP contribution in [-0.4, -0.2) is 42.9 Å². The minimum absolute atomic E-state index is 0.133. The summed E-state index contributed by atoms with van der Waals surface area (Å²) in [4.78, 5) is 9.93. The molecule has 1 aliphatic heterocycles. The van der Waals surface area contributed by atoms with Gasteiger partial charge < -0.3 is 4.74 Å². The number of nitro groups is 1. The van der Waals surface area contributed by atoms with Gasteiger partial charge in [0.25, 0.3) is 5.69 Å². The Balaban J connectivity index is 2.49. The minimum atomic E-state index is -4.00. The van der Waals surface area contributed by atoms with Crippen molar-refractivity contribution in [3.05, 3.63) is 33.3 Å². The lowest BCUT2D eigenvalue weighted by Crippen LogP contribution is -2.48. The molecule has 9 heteroatoms. The molecule has 0 spiro atoms. The van der Waals surface area contributed by atoms with Crippen LogP contribution in [0.15, 0.2) is 23.1 Å². The number of hydrogen-bond acceptors (Lipinski definition) is 5. The van der Waals surface area contributed by atoms with Crippen molar-refractivity contribution in [2.75, 3.05) is 13.1 Å². The zero-order chi connectivity index (χ0) is 15.8. The molecule has 1 heterocycles. The largest absolute Gasteiger partial charge is 0.373 e. The monoisotopic (exact) mass is 334 g/mol.